The van der Waals surface area contributed by atoms with Crippen molar-refractivity contribution in [3.8, 4) is 5.75 Å². The fraction of sp³-hybridized carbons (Fsp3) is 0.500. The van der Waals surface area contributed by atoms with Gasteiger partial charge in [-0.3, -0.25) is 9.52 Å². The standard InChI is InChI=1S/C14H21NO4S/c1-4-5-8-20(17,18)15-14(16)10-12-7-6-11(2)13(9-12)19-3/h6-7,9H,4-5,8,10H2,1-3H3,(H,15,16). The summed E-state index contributed by atoms with van der Waals surface area (Å²) in [6, 6.07) is 5.37. The lowest BCUT2D eigenvalue weighted by atomic mass is 10.1. The van der Waals surface area contributed by atoms with Gasteiger partial charge in [-0.2, -0.15) is 0 Å². The largest absolute Gasteiger partial charge is 0.496 e. The van der Waals surface area contributed by atoms with Crippen LogP contribution in [0.3, 0.4) is 0 Å². The number of unbranched alkanes of at least 4 members (excludes halogenated alkanes) is 1. The van der Waals surface area contributed by atoms with Crippen molar-refractivity contribution >= 4 is 15.9 Å². The molecule has 0 heterocycles. The Bertz CT molecular complexity index is 567. The first kappa shape index (κ1) is 16.5. The number of aryl methyl sites for hydroxylation is 1. The van der Waals surface area contributed by atoms with Gasteiger partial charge in [-0.15, -0.1) is 0 Å². The molecule has 0 spiro atoms. The Hall–Kier alpha value is -1.56. The lowest BCUT2D eigenvalue weighted by molar-refractivity contribution is -0.118. The van der Waals surface area contributed by atoms with Crippen molar-refractivity contribution in [2.24, 2.45) is 0 Å². The van der Waals surface area contributed by atoms with E-state index in [1.165, 1.54) is 0 Å². The summed E-state index contributed by atoms with van der Waals surface area (Å²) in [5.41, 5.74) is 1.68. The zero-order chi connectivity index (χ0) is 15.2. The monoisotopic (exact) mass is 299 g/mol. The maximum Gasteiger partial charge on any atom is 0.237 e. The highest BCUT2D eigenvalue weighted by Gasteiger charge is 2.14. The van der Waals surface area contributed by atoms with E-state index in [9.17, 15) is 13.2 Å². The second-order valence-corrected chi connectivity index (χ2v) is 6.52. The Morgan fingerprint density at radius 3 is 2.65 bits per heavy atom. The van der Waals surface area contributed by atoms with Gasteiger partial charge in [0.1, 0.15) is 5.75 Å². The fourth-order valence-electron chi connectivity index (χ4n) is 1.75. The molecule has 0 fully saturated rings. The van der Waals surface area contributed by atoms with E-state index in [0.29, 0.717) is 12.2 Å². The Labute approximate surface area is 120 Å². The molecule has 0 saturated carbocycles. The summed E-state index contributed by atoms with van der Waals surface area (Å²) < 4.78 is 30.5. The highest BCUT2D eigenvalue weighted by atomic mass is 32.2. The molecule has 6 heteroatoms. The van der Waals surface area contributed by atoms with Crippen molar-refractivity contribution in [1.82, 2.24) is 4.72 Å². The van der Waals surface area contributed by atoms with Gasteiger partial charge < -0.3 is 4.74 Å². The molecule has 20 heavy (non-hydrogen) atoms. The number of sulfonamides is 1. The first-order chi connectivity index (χ1) is 9.38. The lowest BCUT2D eigenvalue weighted by Crippen LogP contribution is -2.33. The summed E-state index contributed by atoms with van der Waals surface area (Å²) in [5.74, 6) is 0.142. The van der Waals surface area contributed by atoms with Crippen LogP contribution in [0.1, 0.15) is 30.9 Å². The molecule has 0 radical (unpaired) electrons. The molecule has 0 saturated heterocycles. The third-order valence-corrected chi connectivity index (χ3v) is 4.24. The zero-order valence-corrected chi connectivity index (χ0v) is 12.9. The highest BCUT2D eigenvalue weighted by Crippen LogP contribution is 2.19. The molecule has 1 aromatic rings. The molecule has 0 aromatic heterocycles. The van der Waals surface area contributed by atoms with E-state index in [0.717, 1.165) is 17.5 Å². The minimum atomic E-state index is -3.52. The van der Waals surface area contributed by atoms with Crippen LogP contribution in [0.25, 0.3) is 0 Å². The van der Waals surface area contributed by atoms with E-state index >= 15 is 0 Å². The van der Waals surface area contributed by atoms with Crippen LogP contribution in [0.5, 0.6) is 5.75 Å². The molecule has 1 N–H and O–H groups in total. The van der Waals surface area contributed by atoms with Crippen molar-refractivity contribution in [3.63, 3.8) is 0 Å². The number of amides is 1. The summed E-state index contributed by atoms with van der Waals surface area (Å²) in [4.78, 5) is 11.7. The van der Waals surface area contributed by atoms with E-state index in [4.69, 9.17) is 4.74 Å². The molecule has 0 aliphatic carbocycles. The lowest BCUT2D eigenvalue weighted by Gasteiger charge is -2.09. The van der Waals surface area contributed by atoms with Crippen LogP contribution in [0.4, 0.5) is 0 Å². The Kier molecular flexibility index (Phi) is 6.01. The van der Waals surface area contributed by atoms with E-state index in [1.54, 1.807) is 19.2 Å². The molecular formula is C14H21NO4S. The number of hydrogen-bond acceptors (Lipinski definition) is 4. The Balaban J connectivity index is 2.67. The molecule has 1 amide bonds. The van der Waals surface area contributed by atoms with Gasteiger partial charge in [0.2, 0.25) is 15.9 Å². The molecule has 1 aromatic carbocycles. The number of benzene rings is 1. The molecule has 0 atom stereocenters. The number of carbonyl (C=O) groups is 1. The minimum Gasteiger partial charge on any atom is -0.496 e. The molecule has 0 bridgehead atoms. The van der Waals surface area contributed by atoms with Crippen LogP contribution in [-0.2, 0) is 21.2 Å². The summed E-state index contributed by atoms with van der Waals surface area (Å²) in [6.45, 7) is 3.80. The SMILES string of the molecule is CCCCS(=O)(=O)NC(=O)Cc1ccc(C)c(OC)c1. The molecule has 112 valence electrons. The minimum absolute atomic E-state index is 0.0159. The Morgan fingerprint density at radius 2 is 2.05 bits per heavy atom. The molecule has 1 rings (SSSR count). The van der Waals surface area contributed by atoms with E-state index in [1.807, 2.05) is 19.9 Å². The Morgan fingerprint density at radius 1 is 1.35 bits per heavy atom. The third kappa shape index (κ3) is 5.21. The smallest absolute Gasteiger partial charge is 0.237 e. The highest BCUT2D eigenvalue weighted by molar-refractivity contribution is 7.90. The van der Waals surface area contributed by atoms with Crippen molar-refractivity contribution in [2.45, 2.75) is 33.1 Å². The molecule has 0 aliphatic heterocycles. The first-order valence-electron chi connectivity index (χ1n) is 6.54. The van der Waals surface area contributed by atoms with Crippen LogP contribution >= 0.6 is 0 Å². The van der Waals surface area contributed by atoms with Crippen molar-refractivity contribution in [2.75, 3.05) is 12.9 Å². The fourth-order valence-corrected chi connectivity index (χ4v) is 2.94. The number of nitrogens with one attached hydrogen (secondary N) is 1. The summed E-state index contributed by atoms with van der Waals surface area (Å²) in [7, 11) is -1.96. The molecule has 5 nitrogen and oxygen atoms in total. The molecule has 0 unspecified atom stereocenters. The van der Waals surface area contributed by atoms with Gasteiger partial charge in [-0.1, -0.05) is 25.5 Å². The molecular weight excluding hydrogens is 278 g/mol. The van der Waals surface area contributed by atoms with Gasteiger partial charge in [-0.05, 0) is 30.5 Å². The van der Waals surface area contributed by atoms with Crippen LogP contribution < -0.4 is 9.46 Å². The zero-order valence-electron chi connectivity index (χ0n) is 12.1. The van der Waals surface area contributed by atoms with Crippen LogP contribution in [-0.4, -0.2) is 27.2 Å². The van der Waals surface area contributed by atoms with Gasteiger partial charge >= 0.3 is 0 Å². The van der Waals surface area contributed by atoms with Crippen molar-refractivity contribution < 1.29 is 17.9 Å². The molecule has 0 aliphatic rings. The van der Waals surface area contributed by atoms with E-state index in [-0.39, 0.29) is 12.2 Å². The summed E-state index contributed by atoms with van der Waals surface area (Å²) in [5, 5.41) is 0. The number of rotatable bonds is 7. The maximum absolute atomic E-state index is 11.7. The summed E-state index contributed by atoms with van der Waals surface area (Å²) in [6.07, 6.45) is 1.33. The summed E-state index contributed by atoms with van der Waals surface area (Å²) >= 11 is 0. The van der Waals surface area contributed by atoms with Gasteiger partial charge in [0.25, 0.3) is 0 Å². The predicted octanol–water partition coefficient (Wildman–Crippen LogP) is 1.79. The third-order valence-electron chi connectivity index (χ3n) is 2.87. The number of carbonyl (C=O) groups excluding carboxylic acids is 1. The second kappa shape index (κ2) is 7.28. The van der Waals surface area contributed by atoms with E-state index in [2.05, 4.69) is 4.72 Å². The van der Waals surface area contributed by atoms with Gasteiger partial charge in [-0.25, -0.2) is 8.42 Å². The normalized spacial score (nSPS) is 11.2. The van der Waals surface area contributed by atoms with Gasteiger partial charge in [0, 0.05) is 0 Å². The first-order valence-corrected chi connectivity index (χ1v) is 8.20. The number of hydrogen-bond donors (Lipinski definition) is 1. The maximum atomic E-state index is 11.7. The predicted molar refractivity (Wildman–Crippen MR) is 78.3 cm³/mol. The van der Waals surface area contributed by atoms with E-state index < -0.39 is 15.9 Å². The number of methoxy groups -OCH3 is 1. The second-order valence-electron chi connectivity index (χ2n) is 4.68. The topological polar surface area (TPSA) is 72.5 Å². The quantitative estimate of drug-likeness (QED) is 0.833. The van der Waals surface area contributed by atoms with Gasteiger partial charge in [0.15, 0.2) is 0 Å². The number of ether oxygens (including phenoxy) is 1. The average Bonchev–Trinajstić information content (AvgIpc) is 2.38. The van der Waals surface area contributed by atoms with Crippen molar-refractivity contribution in [1.29, 1.82) is 0 Å². The van der Waals surface area contributed by atoms with Crippen LogP contribution in [0.15, 0.2) is 18.2 Å². The average molecular weight is 299 g/mol. The van der Waals surface area contributed by atoms with Gasteiger partial charge in [0.05, 0.1) is 19.3 Å². The van der Waals surface area contributed by atoms with Crippen molar-refractivity contribution in [3.05, 3.63) is 29.3 Å². The van der Waals surface area contributed by atoms with Crippen LogP contribution in [0, 0.1) is 6.92 Å². The van der Waals surface area contributed by atoms with Crippen LogP contribution in [0.2, 0.25) is 0 Å².